The fourth-order valence-electron chi connectivity index (χ4n) is 13.3. The molecule has 2 aromatic heterocycles. The van der Waals surface area contributed by atoms with Crippen LogP contribution in [0.4, 0.5) is 17.6 Å². The summed E-state index contributed by atoms with van der Waals surface area (Å²) in [5.74, 6) is 0. The maximum absolute atomic E-state index is 12.3. The topological polar surface area (TPSA) is 127 Å². The summed E-state index contributed by atoms with van der Waals surface area (Å²) in [7, 11) is -9.22. The van der Waals surface area contributed by atoms with Crippen molar-refractivity contribution in [2.45, 2.75) is 127 Å². The zero-order chi connectivity index (χ0) is 75.7. The molecule has 1 N–H and O–H groups in total. The number of rotatable bonds is 4. The molecule has 5 heterocycles. The van der Waals surface area contributed by atoms with E-state index in [1.54, 1.807) is 6.26 Å². The summed E-state index contributed by atoms with van der Waals surface area (Å²) in [5.41, 5.74) is -4.45. The Labute approximate surface area is 633 Å². The van der Waals surface area contributed by atoms with Crippen LogP contribution in [0.5, 0.6) is 0 Å². The minimum absolute atomic E-state index is 0.360. The highest BCUT2D eigenvalue weighted by Crippen LogP contribution is 2.49. The Bertz CT molecular complexity index is 5730. The number of hydrogen-bond acceptors (Lipinski definition) is 11. The van der Waals surface area contributed by atoms with Gasteiger partial charge in [0.05, 0.1) is 52.9 Å². The van der Waals surface area contributed by atoms with E-state index in [0.717, 1.165) is 26.0 Å². The first-order chi connectivity index (χ1) is 49.4. The third-order valence-corrected chi connectivity index (χ3v) is 25.9. The second kappa shape index (κ2) is 29.1. The lowest BCUT2D eigenvalue weighted by atomic mass is 9.49. The molecule has 0 amide bonds. The first kappa shape index (κ1) is 75.6. The van der Waals surface area contributed by atoms with E-state index < -0.39 is 47.6 Å². The number of halogens is 6. The number of benzene rings is 12. The van der Waals surface area contributed by atoms with Crippen LogP contribution in [-0.4, -0.2) is 90.8 Å². The summed E-state index contributed by atoms with van der Waals surface area (Å²) in [6.07, 6.45) is 1.73. The first-order valence-electron chi connectivity index (χ1n) is 34.3. The van der Waals surface area contributed by atoms with Crippen LogP contribution >= 0.6 is 54.5 Å². The van der Waals surface area contributed by atoms with Crippen molar-refractivity contribution in [3.63, 3.8) is 0 Å². The Balaban J connectivity index is 0.000000127. The monoisotopic (exact) mass is 1610 g/mol. The summed E-state index contributed by atoms with van der Waals surface area (Å²) in [6, 6.07) is 72.9. The third kappa shape index (κ3) is 14.3. The summed E-state index contributed by atoms with van der Waals surface area (Å²) < 4.78 is 130. The Morgan fingerprint density at radius 2 is 0.769 bits per heavy atom. The number of thiophene rings is 2. The minimum atomic E-state index is -5.84. The molecule has 1 unspecified atom stereocenters. The van der Waals surface area contributed by atoms with Crippen molar-refractivity contribution >= 4 is 207 Å². The fourth-order valence-corrected chi connectivity index (χ4v) is 18.1. The van der Waals surface area contributed by atoms with E-state index in [1.165, 1.54) is 109 Å². The molecule has 23 heteroatoms. The summed E-state index contributed by atoms with van der Waals surface area (Å²) in [4.78, 5) is 0.852. The molecule has 3 aliphatic heterocycles. The van der Waals surface area contributed by atoms with E-state index in [-0.39, 0.29) is 40.7 Å². The van der Waals surface area contributed by atoms with Crippen molar-refractivity contribution in [2.24, 2.45) is 0 Å². The molecule has 3 aliphatic rings. The summed E-state index contributed by atoms with van der Waals surface area (Å²) in [5, 5.41) is 20.7. The van der Waals surface area contributed by atoms with Crippen molar-refractivity contribution in [3.8, 4) is 11.1 Å². The zero-order valence-electron chi connectivity index (χ0n) is 60.6. The van der Waals surface area contributed by atoms with Gasteiger partial charge in [-0.2, -0.15) is 21.6 Å². The number of alkyl halides is 4. The smallest absolute Gasteiger partial charge is 0.405 e. The fraction of sp³-hybridized carbons (Fsp3) is 0.259. The summed E-state index contributed by atoms with van der Waals surface area (Å²) >= 11 is 11.2. The van der Waals surface area contributed by atoms with E-state index in [9.17, 15) is 21.8 Å². The van der Waals surface area contributed by atoms with E-state index in [2.05, 4.69) is 248 Å². The van der Waals surface area contributed by atoms with E-state index in [4.69, 9.17) is 42.3 Å². The predicted octanol–water partition coefficient (Wildman–Crippen LogP) is 23.2. The van der Waals surface area contributed by atoms with Crippen LogP contribution < -0.4 is 5.46 Å². The molecule has 0 radical (unpaired) electrons. The van der Waals surface area contributed by atoms with Crippen LogP contribution in [-0.2, 0) is 48.8 Å². The molecule has 3 saturated heterocycles. The molecule has 104 heavy (non-hydrogen) atoms. The predicted molar refractivity (Wildman–Crippen MR) is 436 cm³/mol. The van der Waals surface area contributed by atoms with Gasteiger partial charge in [-0.15, -0.1) is 22.7 Å². The highest BCUT2D eigenvalue weighted by Gasteiger charge is 2.64. The van der Waals surface area contributed by atoms with Gasteiger partial charge in [-0.05, 0) is 184 Å². The van der Waals surface area contributed by atoms with Gasteiger partial charge >= 0.3 is 36.8 Å². The molecular formula is C81H77B3Br2F4O10S4. The molecule has 14 aromatic rings. The van der Waals surface area contributed by atoms with Gasteiger partial charge in [0, 0.05) is 76.8 Å². The van der Waals surface area contributed by atoms with Gasteiger partial charge in [-0.3, -0.25) is 13.2 Å². The van der Waals surface area contributed by atoms with Gasteiger partial charge in [0.25, 0.3) is 0 Å². The standard InChI is InChI=1S/C26H23BO2S.C21H15BrOS.C20H11BrS.C12H24B2O4.CHF3O3S.CH3F/c1-25(2)26(3,4)29-27(28-25)20-14-9-15-21-23(20)22-18-12-7-5-10-16(18)17-11-6-8-13-19(17)24(22)30-21;1-24(23)20-12-6-11-19(22)21(20)18-13-14-7-2-3-8-15(14)16-9-4-5-10-17(16)18;21-16-10-5-11-17-19(16)18-14-8-3-1-6-12(14)13-7-2-4-9-15(13)20(18)22-17;1-9(2)10(3,4)16-13(15-9)14-17-11(5,6)12(7,8)18-14;2-1(3,4)8(5,6)7;1-2/h5-15H,1-4H3;2-13H,1H3;1-11H;1-8H3;(H,5,6,7);1H3/i;;;;;1D. The second-order valence-corrected chi connectivity index (χ2v) is 35.2. The quantitative estimate of drug-likeness (QED) is 0.0598. The highest BCUT2D eigenvalue weighted by atomic mass is 79.9. The van der Waals surface area contributed by atoms with Gasteiger partial charge in [0.15, 0.2) is 0 Å². The lowest BCUT2D eigenvalue weighted by molar-refractivity contribution is -0.0510. The summed E-state index contributed by atoms with van der Waals surface area (Å²) in [6.45, 7) is 24.7. The van der Waals surface area contributed by atoms with Crippen molar-refractivity contribution in [1.29, 1.82) is 0 Å². The average Bonchev–Trinajstić information content (AvgIpc) is 1.59. The van der Waals surface area contributed by atoms with Crippen molar-refractivity contribution in [1.82, 2.24) is 0 Å². The molecule has 0 aliphatic carbocycles. The molecule has 3 fully saturated rings. The lowest BCUT2D eigenvalue weighted by Crippen LogP contribution is -2.41. The Morgan fingerprint density at radius 1 is 0.442 bits per heavy atom. The molecular weight excluding hydrogens is 1530 g/mol. The van der Waals surface area contributed by atoms with Gasteiger partial charge in [0.2, 0.25) is 0 Å². The van der Waals surface area contributed by atoms with Crippen molar-refractivity contribution in [2.75, 3.05) is 13.4 Å². The van der Waals surface area contributed by atoms with Gasteiger partial charge < -0.3 is 27.9 Å². The lowest BCUT2D eigenvalue weighted by Gasteiger charge is -2.32. The van der Waals surface area contributed by atoms with Crippen LogP contribution in [0.1, 0.15) is 84.5 Å². The van der Waals surface area contributed by atoms with Crippen LogP contribution in [0.2, 0.25) is 0 Å². The van der Waals surface area contributed by atoms with Gasteiger partial charge in [-0.25, -0.2) is 0 Å². The van der Waals surface area contributed by atoms with Crippen molar-refractivity contribution < 1.29 is 64.0 Å². The van der Waals surface area contributed by atoms with E-state index in [0.29, 0.717) is 0 Å². The SMILES string of the molecule is Brc1cccc2sc3c4ccccc4c4ccccc4c3c12.CC1(C)OB(B2OC(C)(C)C(C)(C)O2)OC1(C)C.CC1(C)OB(c2cccc3sc4c5ccccc5c5ccccc5c4c23)OC1(C)C.CS(=O)c1cccc(Br)c1-c1cc2ccccc2c2ccccc12.O=S(=O)(O)C(F)(F)F.[2H]CF. The molecule has 0 bridgehead atoms. The van der Waals surface area contributed by atoms with Crippen LogP contribution in [0.25, 0.3) is 116 Å². The molecule has 1 atom stereocenters. The molecule has 536 valence electrons. The molecule has 17 rings (SSSR count). The second-order valence-electron chi connectivity index (χ2n) is 28.6. The van der Waals surface area contributed by atoms with Crippen molar-refractivity contribution in [3.05, 3.63) is 215 Å². The highest BCUT2D eigenvalue weighted by molar-refractivity contribution is 9.11. The normalized spacial score (nSPS) is 17.5. The van der Waals surface area contributed by atoms with E-state index >= 15 is 0 Å². The molecule has 0 spiro atoms. The first-order valence-corrected chi connectivity index (χ1v) is 39.8. The maximum Gasteiger partial charge on any atom is 0.522 e. The number of hydrogen-bond donors (Lipinski definition) is 1. The van der Waals surface area contributed by atoms with E-state index in [1.807, 2.05) is 96.3 Å². The Hall–Kier alpha value is -6.67. The Morgan fingerprint density at radius 3 is 1.20 bits per heavy atom. The van der Waals surface area contributed by atoms with Gasteiger partial charge in [-0.1, -0.05) is 202 Å². The number of fused-ring (bicyclic) bond motifs is 19. The van der Waals surface area contributed by atoms with Crippen LogP contribution in [0.3, 0.4) is 0 Å². The molecule has 10 nitrogen and oxygen atoms in total. The van der Waals surface area contributed by atoms with Gasteiger partial charge in [0.1, 0.15) is 0 Å². The van der Waals surface area contributed by atoms with Crippen LogP contribution in [0, 0.1) is 0 Å². The maximum atomic E-state index is 12.3. The molecule has 12 aromatic carbocycles. The molecule has 0 saturated carbocycles. The third-order valence-electron chi connectivity index (χ3n) is 20.6. The largest absolute Gasteiger partial charge is 0.522 e. The zero-order valence-corrected chi connectivity index (χ0v) is 66.0. The average molecular weight is 1610 g/mol. The van der Waals surface area contributed by atoms with Crippen LogP contribution in [0.15, 0.2) is 220 Å². The Kier molecular flexibility index (Phi) is 21.2. The minimum Gasteiger partial charge on any atom is -0.405 e.